The van der Waals surface area contributed by atoms with Crippen molar-refractivity contribution in [2.45, 2.75) is 319 Å². The van der Waals surface area contributed by atoms with E-state index in [0.717, 1.165) is 89.9 Å². The first-order valence-electron chi connectivity index (χ1n) is 34.1. The lowest BCUT2D eigenvalue weighted by Gasteiger charge is -2.46. The smallest absolute Gasteiger partial charge is 0.220 e. The summed E-state index contributed by atoms with van der Waals surface area (Å²) in [5, 5.41) is 87.3. The molecule has 86 heavy (non-hydrogen) atoms. The second-order valence-electron chi connectivity index (χ2n) is 23.5. The van der Waals surface area contributed by atoms with Crippen LogP contribution in [0, 0.1) is 0 Å². The third-order valence-electron chi connectivity index (χ3n) is 15.9. The highest BCUT2D eigenvalue weighted by Gasteiger charge is 2.51. The summed E-state index contributed by atoms with van der Waals surface area (Å²) < 4.78 is 22.8. The Balaban J connectivity index is 1.74. The van der Waals surface area contributed by atoms with Crippen molar-refractivity contribution in [1.82, 2.24) is 5.32 Å². The van der Waals surface area contributed by atoms with E-state index in [4.69, 9.17) is 18.9 Å². The molecule has 12 unspecified atom stereocenters. The molecule has 0 aliphatic carbocycles. The third kappa shape index (κ3) is 39.6. The Morgan fingerprint density at radius 3 is 1.28 bits per heavy atom. The van der Waals surface area contributed by atoms with E-state index in [-0.39, 0.29) is 18.9 Å². The predicted octanol–water partition coefficient (Wildman–Crippen LogP) is 13.6. The van der Waals surface area contributed by atoms with Gasteiger partial charge in [-0.3, -0.25) is 4.79 Å². The zero-order valence-electron chi connectivity index (χ0n) is 53.5. The fourth-order valence-electron chi connectivity index (χ4n) is 10.5. The molecule has 2 heterocycles. The minimum absolute atomic E-state index is 0.233. The van der Waals surface area contributed by atoms with Gasteiger partial charge >= 0.3 is 0 Å². The van der Waals surface area contributed by atoms with E-state index in [1.165, 1.54) is 122 Å². The van der Waals surface area contributed by atoms with Crippen LogP contribution < -0.4 is 5.32 Å². The highest BCUT2D eigenvalue weighted by Crippen LogP contribution is 2.30. The molecule has 0 aromatic heterocycles. The summed E-state index contributed by atoms with van der Waals surface area (Å²) in [6.45, 7) is 2.65. The van der Waals surface area contributed by atoms with Gasteiger partial charge < -0.3 is 65.1 Å². The molecule has 0 spiro atoms. The number of amides is 1. The number of carbonyl (C=O) groups excluding carboxylic acids is 1. The van der Waals surface area contributed by atoms with Gasteiger partial charge in [-0.1, -0.05) is 252 Å². The fourth-order valence-corrected chi connectivity index (χ4v) is 10.5. The van der Waals surface area contributed by atoms with Crippen LogP contribution in [0.15, 0.2) is 109 Å². The van der Waals surface area contributed by atoms with Crippen LogP contribution in [-0.2, 0) is 23.7 Å². The van der Waals surface area contributed by atoms with Crippen molar-refractivity contribution in [3.63, 3.8) is 0 Å². The summed E-state index contributed by atoms with van der Waals surface area (Å²) in [5.41, 5.74) is 0. The maximum Gasteiger partial charge on any atom is 0.220 e. The van der Waals surface area contributed by atoms with E-state index in [9.17, 15) is 45.6 Å². The Labute approximate surface area is 521 Å². The van der Waals surface area contributed by atoms with Gasteiger partial charge in [0.2, 0.25) is 5.91 Å². The lowest BCUT2D eigenvalue weighted by atomic mass is 9.97. The summed E-state index contributed by atoms with van der Waals surface area (Å²) in [6, 6.07) is -0.962. The van der Waals surface area contributed by atoms with Gasteiger partial charge in [0, 0.05) is 6.42 Å². The number of hydrogen-bond donors (Lipinski definition) is 9. The van der Waals surface area contributed by atoms with Gasteiger partial charge in [-0.25, -0.2) is 0 Å². The standard InChI is InChI=1S/C72H123NO13/c1-3-5-7-9-11-13-15-17-19-21-23-25-27-28-29-30-31-32-34-35-37-39-41-43-45-47-49-51-53-55-61(76)60(59-83-71-69(82)67(80)70(63(58-75)85-71)86-72-68(81)66(79)65(78)62(57-74)84-72)73-64(77)56-54-52-50-48-46-44-42-40-38-36-33-26-24-22-20-18-16-14-12-10-8-6-4-2/h6,8,12,14,18,20,24,26,36-39,42,44-45,47,53,55,60-63,65-72,74-76,78-82H,3-5,7,9-11,13,15-17,19,21-23,25,27-35,40-41,43,46,48-52,54,56-59H2,1-2H3,(H,73,77)/b8-6-,14-12-,20-18-,26-24-,38-36-,39-37+,44-42-,47-45+,55-53+. The lowest BCUT2D eigenvalue weighted by Crippen LogP contribution is -2.65. The monoisotopic (exact) mass is 1210 g/mol. The number of carbonyl (C=O) groups is 1. The summed E-state index contributed by atoms with van der Waals surface area (Å²) in [5.74, 6) is -0.281. The van der Waals surface area contributed by atoms with Crippen molar-refractivity contribution < 1.29 is 64.6 Å². The van der Waals surface area contributed by atoms with Gasteiger partial charge in [-0.05, 0) is 96.3 Å². The van der Waals surface area contributed by atoms with Crippen LogP contribution in [-0.4, -0.2) is 140 Å². The average Bonchev–Trinajstić information content (AvgIpc) is 2.54. The number of allylic oxidation sites excluding steroid dienone is 17. The normalized spacial score (nSPS) is 24.1. The number of hydrogen-bond acceptors (Lipinski definition) is 13. The number of aliphatic hydroxyl groups excluding tert-OH is 8. The molecular weight excluding hydrogens is 1090 g/mol. The first-order chi connectivity index (χ1) is 42.1. The minimum atomic E-state index is -1.80. The molecule has 14 heteroatoms. The third-order valence-corrected chi connectivity index (χ3v) is 15.9. The van der Waals surface area contributed by atoms with Gasteiger partial charge in [0.15, 0.2) is 12.6 Å². The van der Waals surface area contributed by atoms with Crippen molar-refractivity contribution in [3.05, 3.63) is 109 Å². The van der Waals surface area contributed by atoms with E-state index >= 15 is 0 Å². The van der Waals surface area contributed by atoms with Crippen molar-refractivity contribution in [3.8, 4) is 0 Å². The van der Waals surface area contributed by atoms with E-state index in [1.54, 1.807) is 6.08 Å². The van der Waals surface area contributed by atoms with Crippen molar-refractivity contribution in [2.24, 2.45) is 0 Å². The fraction of sp³-hybridized carbons (Fsp3) is 0.736. The lowest BCUT2D eigenvalue weighted by molar-refractivity contribution is -0.359. The molecule has 9 N–H and O–H groups in total. The number of nitrogens with one attached hydrogen (secondary N) is 1. The maximum atomic E-state index is 13.3. The van der Waals surface area contributed by atoms with Crippen LogP contribution in [0.4, 0.5) is 0 Å². The molecule has 12 atom stereocenters. The molecule has 494 valence electrons. The van der Waals surface area contributed by atoms with Crippen molar-refractivity contribution in [1.29, 1.82) is 0 Å². The van der Waals surface area contributed by atoms with Gasteiger partial charge in [-0.2, -0.15) is 0 Å². The number of aliphatic hydroxyl groups is 8. The molecule has 2 rings (SSSR count). The highest BCUT2D eigenvalue weighted by molar-refractivity contribution is 5.76. The number of rotatable bonds is 54. The SMILES string of the molecule is CC/C=C\C/C=C\C/C=C\C/C=C\C/C=C\C/C=C\CCCCCCC(=O)NC(COC1OC(CO)C(OC2OC(CO)C(O)C(O)C2O)C(O)C1O)C(O)/C=C/CC/C=C/CC/C=C/CCCCCCCCCCCCCCCCCCCCC. The first kappa shape index (κ1) is 78.7. The van der Waals surface area contributed by atoms with E-state index in [2.05, 4.69) is 116 Å². The van der Waals surface area contributed by atoms with Gasteiger partial charge in [0.1, 0.15) is 48.8 Å². The van der Waals surface area contributed by atoms with E-state index < -0.39 is 86.8 Å². The summed E-state index contributed by atoms with van der Waals surface area (Å²) in [6.07, 6.45) is 62.8. The second-order valence-corrected chi connectivity index (χ2v) is 23.5. The van der Waals surface area contributed by atoms with Crippen molar-refractivity contribution >= 4 is 5.91 Å². The second kappa shape index (κ2) is 55.7. The Morgan fingerprint density at radius 2 is 0.814 bits per heavy atom. The zero-order valence-corrected chi connectivity index (χ0v) is 53.5. The topological polar surface area (TPSA) is 228 Å². The van der Waals surface area contributed by atoms with Crippen LogP contribution in [0.25, 0.3) is 0 Å². The molecule has 2 aliphatic heterocycles. The molecule has 1 amide bonds. The van der Waals surface area contributed by atoms with Crippen LogP contribution in [0.3, 0.4) is 0 Å². The predicted molar refractivity (Wildman–Crippen MR) is 350 cm³/mol. The first-order valence-corrected chi connectivity index (χ1v) is 34.1. The zero-order chi connectivity index (χ0) is 62.3. The molecule has 0 aromatic carbocycles. The molecule has 2 fully saturated rings. The molecular formula is C72H123NO13. The van der Waals surface area contributed by atoms with E-state index in [1.807, 2.05) is 6.08 Å². The van der Waals surface area contributed by atoms with Crippen LogP contribution in [0.5, 0.6) is 0 Å². The van der Waals surface area contributed by atoms with Crippen LogP contribution in [0.2, 0.25) is 0 Å². The summed E-state index contributed by atoms with van der Waals surface area (Å²) >= 11 is 0. The maximum absolute atomic E-state index is 13.3. The minimum Gasteiger partial charge on any atom is -0.394 e. The molecule has 14 nitrogen and oxygen atoms in total. The number of unbranched alkanes of at least 4 members (excludes halogenated alkanes) is 25. The Morgan fingerprint density at radius 1 is 0.430 bits per heavy atom. The Bertz CT molecular complexity index is 1860. The molecule has 2 aliphatic rings. The van der Waals surface area contributed by atoms with Crippen LogP contribution in [0.1, 0.15) is 245 Å². The summed E-state index contributed by atoms with van der Waals surface area (Å²) in [7, 11) is 0. The molecule has 0 saturated carbocycles. The van der Waals surface area contributed by atoms with Gasteiger partial charge in [-0.15, -0.1) is 0 Å². The van der Waals surface area contributed by atoms with Gasteiger partial charge in [0.05, 0.1) is 32.0 Å². The largest absolute Gasteiger partial charge is 0.394 e. The highest BCUT2D eigenvalue weighted by atomic mass is 16.7. The molecule has 0 bridgehead atoms. The quantitative estimate of drug-likeness (QED) is 0.0204. The molecule has 2 saturated heterocycles. The molecule has 0 radical (unpaired) electrons. The average molecular weight is 1210 g/mol. The van der Waals surface area contributed by atoms with Gasteiger partial charge in [0.25, 0.3) is 0 Å². The summed E-state index contributed by atoms with van der Waals surface area (Å²) in [4.78, 5) is 13.3. The Hall–Kier alpha value is -3.35. The van der Waals surface area contributed by atoms with E-state index in [0.29, 0.717) is 12.8 Å². The Kier molecular flexibility index (Phi) is 51.0. The number of ether oxygens (including phenoxy) is 4. The van der Waals surface area contributed by atoms with Crippen LogP contribution >= 0.6 is 0 Å². The molecule has 0 aromatic rings. The van der Waals surface area contributed by atoms with Crippen molar-refractivity contribution in [2.75, 3.05) is 19.8 Å².